The number of anilines is 1. The molecule has 1 aliphatic heterocycles. The van der Waals surface area contributed by atoms with Crippen molar-refractivity contribution < 1.29 is 22.7 Å². The first kappa shape index (κ1) is 23.9. The number of ether oxygens (including phenoxy) is 1. The highest BCUT2D eigenvalue weighted by Gasteiger charge is 2.26. The second-order valence-corrected chi connectivity index (χ2v) is 9.94. The molecule has 0 spiro atoms. The maximum atomic E-state index is 13.2. The summed E-state index contributed by atoms with van der Waals surface area (Å²) < 4.78 is 32.9. The Morgan fingerprint density at radius 1 is 0.969 bits per heavy atom. The van der Waals surface area contributed by atoms with Crippen LogP contribution in [0.5, 0.6) is 0 Å². The lowest BCUT2D eigenvalue weighted by atomic mass is 10.1. The van der Waals surface area contributed by atoms with Crippen LogP contribution in [0.15, 0.2) is 41.3 Å². The van der Waals surface area contributed by atoms with Crippen molar-refractivity contribution in [2.75, 3.05) is 25.0 Å². The van der Waals surface area contributed by atoms with Crippen LogP contribution >= 0.6 is 0 Å². The van der Waals surface area contributed by atoms with Gasteiger partial charge >= 0.3 is 5.97 Å². The molecule has 8 heteroatoms. The molecule has 1 aliphatic rings. The third kappa shape index (κ3) is 5.37. The molecule has 0 atom stereocenters. The molecule has 1 heterocycles. The molecule has 7 nitrogen and oxygen atoms in total. The van der Waals surface area contributed by atoms with Gasteiger partial charge < -0.3 is 10.1 Å². The summed E-state index contributed by atoms with van der Waals surface area (Å²) in [6.45, 7) is 6.56. The van der Waals surface area contributed by atoms with E-state index in [1.807, 2.05) is 6.92 Å². The number of nitrogens with zero attached hydrogens (tertiary/aromatic N) is 1. The van der Waals surface area contributed by atoms with Gasteiger partial charge in [-0.3, -0.25) is 4.79 Å². The summed E-state index contributed by atoms with van der Waals surface area (Å²) in [6.07, 6.45) is 3.73. The van der Waals surface area contributed by atoms with Gasteiger partial charge in [0.05, 0.1) is 17.1 Å². The number of sulfonamides is 1. The van der Waals surface area contributed by atoms with Gasteiger partial charge in [-0.25, -0.2) is 13.2 Å². The molecule has 2 aromatic carbocycles. The molecule has 0 unspecified atom stereocenters. The number of rotatable bonds is 6. The van der Waals surface area contributed by atoms with Gasteiger partial charge in [0.25, 0.3) is 5.91 Å². The van der Waals surface area contributed by atoms with Gasteiger partial charge in [-0.15, -0.1) is 0 Å². The fourth-order valence-electron chi connectivity index (χ4n) is 3.73. The van der Waals surface area contributed by atoms with Gasteiger partial charge in [-0.2, -0.15) is 4.31 Å². The molecule has 0 bridgehead atoms. The first-order chi connectivity index (χ1) is 15.2. The van der Waals surface area contributed by atoms with Crippen LogP contribution < -0.4 is 5.32 Å². The van der Waals surface area contributed by atoms with E-state index in [2.05, 4.69) is 5.32 Å². The SMILES string of the molecule is CCOC(=O)c1ccc(C)c(NC(=O)c2cc(S(=O)(=O)N3CCCCCC3)ccc2C)c1. The smallest absolute Gasteiger partial charge is 0.338 e. The van der Waals surface area contributed by atoms with E-state index >= 15 is 0 Å². The highest BCUT2D eigenvalue weighted by atomic mass is 32.2. The highest BCUT2D eigenvalue weighted by Crippen LogP contribution is 2.24. The van der Waals surface area contributed by atoms with Gasteiger partial charge in [0, 0.05) is 24.3 Å². The number of aryl methyl sites for hydroxylation is 2. The van der Waals surface area contributed by atoms with Crippen LogP contribution in [0.3, 0.4) is 0 Å². The zero-order valence-electron chi connectivity index (χ0n) is 18.8. The summed E-state index contributed by atoms with van der Waals surface area (Å²) >= 11 is 0. The summed E-state index contributed by atoms with van der Waals surface area (Å²) in [5.74, 6) is -0.899. The minimum absolute atomic E-state index is 0.118. The van der Waals surface area contributed by atoms with Crippen LogP contribution in [-0.4, -0.2) is 44.3 Å². The maximum absolute atomic E-state index is 13.2. The van der Waals surface area contributed by atoms with Crippen LogP contribution in [0.25, 0.3) is 0 Å². The summed E-state index contributed by atoms with van der Waals surface area (Å²) in [5.41, 5.74) is 2.53. The van der Waals surface area contributed by atoms with Gasteiger partial charge in [0.2, 0.25) is 10.0 Å². The van der Waals surface area contributed by atoms with Crippen LogP contribution in [0.2, 0.25) is 0 Å². The molecule has 0 saturated carbocycles. The normalized spacial score (nSPS) is 15.1. The number of hydrogen-bond donors (Lipinski definition) is 1. The molecule has 1 saturated heterocycles. The first-order valence-electron chi connectivity index (χ1n) is 10.9. The fourth-order valence-corrected chi connectivity index (χ4v) is 5.27. The minimum atomic E-state index is -3.67. The molecule has 0 aliphatic carbocycles. The van der Waals surface area contributed by atoms with Crippen molar-refractivity contribution in [3.8, 4) is 0 Å². The van der Waals surface area contributed by atoms with Crippen LogP contribution in [-0.2, 0) is 14.8 Å². The van der Waals surface area contributed by atoms with Crippen molar-refractivity contribution in [3.63, 3.8) is 0 Å². The largest absolute Gasteiger partial charge is 0.462 e. The lowest BCUT2D eigenvalue weighted by molar-refractivity contribution is 0.0526. The Labute approximate surface area is 189 Å². The average Bonchev–Trinajstić information content (AvgIpc) is 3.05. The molecule has 3 rings (SSSR count). The van der Waals surface area contributed by atoms with Gasteiger partial charge in [-0.1, -0.05) is 25.0 Å². The number of amides is 1. The van der Waals surface area contributed by atoms with E-state index < -0.39 is 21.9 Å². The Kier molecular flexibility index (Phi) is 7.69. The molecular formula is C24H30N2O5S. The van der Waals surface area contributed by atoms with Gasteiger partial charge in [-0.05, 0) is 69.0 Å². The van der Waals surface area contributed by atoms with E-state index in [4.69, 9.17) is 4.74 Å². The summed E-state index contributed by atoms with van der Waals surface area (Å²) in [4.78, 5) is 25.2. The molecule has 1 N–H and O–H groups in total. The third-order valence-electron chi connectivity index (χ3n) is 5.65. The molecule has 1 fully saturated rings. The van der Waals surface area contributed by atoms with Crippen LogP contribution in [0.1, 0.15) is 64.4 Å². The molecule has 2 aromatic rings. The molecule has 32 heavy (non-hydrogen) atoms. The Balaban J connectivity index is 1.88. The van der Waals surface area contributed by atoms with E-state index in [0.717, 1.165) is 31.2 Å². The van der Waals surface area contributed by atoms with Gasteiger partial charge in [0.15, 0.2) is 0 Å². The number of hydrogen-bond acceptors (Lipinski definition) is 5. The van der Waals surface area contributed by atoms with Crippen molar-refractivity contribution in [1.82, 2.24) is 4.31 Å². The fraction of sp³-hybridized carbons (Fsp3) is 0.417. The second kappa shape index (κ2) is 10.3. The Hall–Kier alpha value is -2.71. The van der Waals surface area contributed by atoms with E-state index in [-0.39, 0.29) is 17.1 Å². The molecule has 172 valence electrons. The standard InChI is InChI=1S/C24H30N2O5S/c1-4-31-24(28)19-11-9-18(3)22(15-19)25-23(27)21-16-20(12-10-17(21)2)32(29,30)26-13-7-5-6-8-14-26/h9-12,15-16H,4-8,13-14H2,1-3H3,(H,25,27). The number of nitrogens with one attached hydrogen (secondary N) is 1. The Morgan fingerprint density at radius 3 is 2.28 bits per heavy atom. The van der Waals surface area contributed by atoms with E-state index in [1.54, 1.807) is 44.2 Å². The maximum Gasteiger partial charge on any atom is 0.338 e. The number of carbonyl (C=O) groups is 2. The summed E-state index contributed by atoms with van der Waals surface area (Å²) in [6, 6.07) is 9.59. The second-order valence-electron chi connectivity index (χ2n) is 8.00. The van der Waals surface area contributed by atoms with E-state index in [1.165, 1.54) is 10.4 Å². The predicted molar refractivity (Wildman–Crippen MR) is 123 cm³/mol. The zero-order valence-corrected chi connectivity index (χ0v) is 19.6. The molecule has 0 radical (unpaired) electrons. The summed E-state index contributed by atoms with van der Waals surface area (Å²) in [7, 11) is -3.67. The predicted octanol–water partition coefficient (Wildman–Crippen LogP) is 4.30. The number of carbonyl (C=O) groups excluding carboxylic acids is 2. The first-order valence-corrected chi connectivity index (χ1v) is 12.4. The summed E-state index contributed by atoms with van der Waals surface area (Å²) in [5, 5.41) is 2.82. The van der Waals surface area contributed by atoms with Crippen molar-refractivity contribution in [3.05, 3.63) is 58.7 Å². The quantitative estimate of drug-likeness (QED) is 0.652. The van der Waals surface area contributed by atoms with E-state index in [9.17, 15) is 18.0 Å². The Bertz CT molecular complexity index is 1100. The Morgan fingerprint density at radius 2 is 1.62 bits per heavy atom. The lowest BCUT2D eigenvalue weighted by Gasteiger charge is -2.20. The topological polar surface area (TPSA) is 92.8 Å². The number of benzene rings is 2. The zero-order chi connectivity index (χ0) is 23.3. The van der Waals surface area contributed by atoms with E-state index in [0.29, 0.717) is 29.9 Å². The molecule has 1 amide bonds. The number of esters is 1. The molecular weight excluding hydrogens is 428 g/mol. The van der Waals surface area contributed by atoms with Crippen LogP contribution in [0, 0.1) is 13.8 Å². The van der Waals surface area contributed by atoms with Crippen LogP contribution in [0.4, 0.5) is 5.69 Å². The monoisotopic (exact) mass is 458 g/mol. The van der Waals surface area contributed by atoms with Crippen molar-refractivity contribution in [1.29, 1.82) is 0 Å². The third-order valence-corrected chi connectivity index (χ3v) is 7.55. The van der Waals surface area contributed by atoms with Crippen molar-refractivity contribution in [2.45, 2.75) is 51.3 Å². The lowest BCUT2D eigenvalue weighted by Crippen LogP contribution is -2.32. The minimum Gasteiger partial charge on any atom is -0.462 e. The van der Waals surface area contributed by atoms with Crippen molar-refractivity contribution in [2.24, 2.45) is 0 Å². The molecule has 0 aromatic heterocycles. The highest BCUT2D eigenvalue weighted by molar-refractivity contribution is 7.89. The van der Waals surface area contributed by atoms with Crippen molar-refractivity contribution >= 4 is 27.6 Å². The van der Waals surface area contributed by atoms with Gasteiger partial charge in [0.1, 0.15) is 0 Å². The average molecular weight is 459 g/mol.